The topological polar surface area (TPSA) is 119 Å². The molecule has 1 aliphatic heterocycles. The Kier molecular flexibility index (Phi) is 4.43. The molecule has 1 aliphatic rings. The lowest BCUT2D eigenvalue weighted by Gasteiger charge is -2.37. The maximum Gasteiger partial charge on any atom is 0.311 e. The summed E-state index contributed by atoms with van der Waals surface area (Å²) in [4.78, 5) is 35.0. The van der Waals surface area contributed by atoms with E-state index >= 15 is 0 Å². The van der Waals surface area contributed by atoms with Gasteiger partial charge in [-0.2, -0.15) is 5.10 Å². The smallest absolute Gasteiger partial charge is 0.311 e. The molecule has 1 N–H and O–H groups in total. The van der Waals surface area contributed by atoms with Gasteiger partial charge in [0.1, 0.15) is 12.4 Å². The Labute approximate surface area is 126 Å². The van der Waals surface area contributed by atoms with E-state index in [0.717, 1.165) is 6.20 Å². The van der Waals surface area contributed by atoms with Crippen LogP contribution >= 0.6 is 0 Å². The van der Waals surface area contributed by atoms with Gasteiger partial charge in [-0.3, -0.25) is 24.4 Å². The van der Waals surface area contributed by atoms with Crippen LogP contribution in [0.5, 0.6) is 0 Å². The normalized spacial score (nSPS) is 21.6. The summed E-state index contributed by atoms with van der Waals surface area (Å²) < 4.78 is 1.34. The second-order valence-electron chi connectivity index (χ2n) is 5.75. The summed E-state index contributed by atoms with van der Waals surface area (Å²) >= 11 is 0. The summed E-state index contributed by atoms with van der Waals surface area (Å²) in [6.07, 6.45) is 3.74. The van der Waals surface area contributed by atoms with Crippen molar-refractivity contribution in [3.05, 3.63) is 22.5 Å². The van der Waals surface area contributed by atoms with Gasteiger partial charge in [0.15, 0.2) is 0 Å². The van der Waals surface area contributed by atoms with Crippen molar-refractivity contribution < 1.29 is 19.6 Å². The van der Waals surface area contributed by atoms with Crippen LogP contribution in [0.1, 0.15) is 26.2 Å². The average molecular weight is 310 g/mol. The molecule has 22 heavy (non-hydrogen) atoms. The third-order valence-corrected chi connectivity index (χ3v) is 3.95. The highest BCUT2D eigenvalue weighted by Crippen LogP contribution is 2.29. The number of hydrogen-bond donors (Lipinski definition) is 1. The first kappa shape index (κ1) is 15.9. The van der Waals surface area contributed by atoms with Crippen LogP contribution in [0.15, 0.2) is 12.4 Å². The molecule has 9 heteroatoms. The van der Waals surface area contributed by atoms with Gasteiger partial charge in [0.25, 0.3) is 0 Å². The molecule has 0 aliphatic carbocycles. The van der Waals surface area contributed by atoms with Crippen molar-refractivity contribution in [2.75, 3.05) is 13.1 Å². The minimum atomic E-state index is -0.904. The first-order valence-electron chi connectivity index (χ1n) is 7.00. The van der Waals surface area contributed by atoms with Crippen LogP contribution in [-0.2, 0) is 16.1 Å². The van der Waals surface area contributed by atoms with E-state index in [0.29, 0.717) is 19.4 Å². The molecule has 1 atom stereocenters. The molecule has 0 radical (unpaired) electrons. The number of likely N-dealkylation sites (tertiary alicyclic amines) is 1. The number of nitrogens with zero attached hydrogens (tertiary/aromatic N) is 4. The Morgan fingerprint density at radius 3 is 2.86 bits per heavy atom. The molecule has 0 aromatic carbocycles. The Morgan fingerprint density at radius 1 is 1.55 bits per heavy atom. The van der Waals surface area contributed by atoms with E-state index in [-0.39, 0.29) is 31.1 Å². The maximum absolute atomic E-state index is 12.2. The van der Waals surface area contributed by atoms with Crippen molar-refractivity contribution in [3.63, 3.8) is 0 Å². The zero-order valence-corrected chi connectivity index (χ0v) is 12.3. The van der Waals surface area contributed by atoms with Crippen molar-refractivity contribution in [2.45, 2.75) is 32.7 Å². The van der Waals surface area contributed by atoms with E-state index in [1.807, 2.05) is 0 Å². The van der Waals surface area contributed by atoms with Gasteiger partial charge in [0.2, 0.25) is 5.91 Å². The summed E-state index contributed by atoms with van der Waals surface area (Å²) in [6.45, 7) is 2.61. The number of rotatable bonds is 5. The Morgan fingerprint density at radius 2 is 2.27 bits per heavy atom. The minimum absolute atomic E-state index is 0.121. The van der Waals surface area contributed by atoms with Crippen molar-refractivity contribution in [2.24, 2.45) is 5.41 Å². The number of carboxylic acids is 1. The molecule has 0 saturated carbocycles. The van der Waals surface area contributed by atoms with Gasteiger partial charge < -0.3 is 10.0 Å². The SMILES string of the molecule is CC1(C(=O)O)CCCN(C(=O)CCn2cc([N+](=O)[O-])cn2)C1. The lowest BCUT2D eigenvalue weighted by Crippen LogP contribution is -2.48. The maximum atomic E-state index is 12.2. The van der Waals surface area contributed by atoms with Crippen molar-refractivity contribution in [1.29, 1.82) is 0 Å². The second-order valence-corrected chi connectivity index (χ2v) is 5.75. The minimum Gasteiger partial charge on any atom is -0.481 e. The van der Waals surface area contributed by atoms with Crippen LogP contribution in [0.4, 0.5) is 5.69 Å². The number of aliphatic carboxylic acids is 1. The van der Waals surface area contributed by atoms with E-state index in [1.54, 1.807) is 11.8 Å². The molecule has 2 rings (SSSR count). The van der Waals surface area contributed by atoms with Gasteiger partial charge >= 0.3 is 11.7 Å². The third kappa shape index (κ3) is 3.41. The number of aryl methyl sites for hydroxylation is 1. The number of hydrogen-bond acceptors (Lipinski definition) is 5. The highest BCUT2D eigenvalue weighted by molar-refractivity contribution is 5.79. The summed E-state index contributed by atoms with van der Waals surface area (Å²) in [6, 6.07) is 0. The highest BCUT2D eigenvalue weighted by Gasteiger charge is 2.39. The van der Waals surface area contributed by atoms with E-state index in [9.17, 15) is 24.8 Å². The molecule has 0 bridgehead atoms. The molecule has 1 amide bonds. The zero-order valence-electron chi connectivity index (χ0n) is 12.3. The standard InChI is InChI=1S/C13H18N4O5/c1-13(12(19)20)4-2-5-15(9-13)11(18)3-6-16-8-10(7-14-16)17(21)22/h7-8H,2-6,9H2,1H3,(H,19,20). The fraction of sp³-hybridized carbons (Fsp3) is 0.615. The van der Waals surface area contributed by atoms with Crippen molar-refractivity contribution in [3.8, 4) is 0 Å². The molecule has 2 heterocycles. The first-order valence-corrected chi connectivity index (χ1v) is 7.00. The summed E-state index contributed by atoms with van der Waals surface area (Å²) in [5.41, 5.74) is -1.03. The molecular formula is C13H18N4O5. The number of amides is 1. The molecule has 120 valence electrons. The lowest BCUT2D eigenvalue weighted by atomic mass is 9.82. The van der Waals surface area contributed by atoms with Gasteiger partial charge in [0, 0.05) is 26.1 Å². The molecular weight excluding hydrogens is 292 g/mol. The van der Waals surface area contributed by atoms with E-state index in [1.165, 1.54) is 10.9 Å². The molecule has 1 saturated heterocycles. The molecule has 1 aromatic heterocycles. The van der Waals surface area contributed by atoms with Crippen molar-refractivity contribution >= 4 is 17.6 Å². The summed E-state index contributed by atoms with van der Waals surface area (Å²) in [5.74, 6) is -1.06. The van der Waals surface area contributed by atoms with E-state index in [4.69, 9.17) is 0 Å². The summed E-state index contributed by atoms with van der Waals surface area (Å²) in [7, 11) is 0. The van der Waals surface area contributed by atoms with Crippen LogP contribution in [0.3, 0.4) is 0 Å². The van der Waals surface area contributed by atoms with Crippen molar-refractivity contribution in [1.82, 2.24) is 14.7 Å². The fourth-order valence-corrected chi connectivity index (χ4v) is 2.56. The quantitative estimate of drug-likeness (QED) is 0.637. The molecule has 1 unspecified atom stereocenters. The van der Waals surface area contributed by atoms with E-state index < -0.39 is 16.3 Å². The summed E-state index contributed by atoms with van der Waals surface area (Å²) in [5, 5.41) is 23.6. The number of piperidine rings is 1. The van der Waals surface area contributed by atoms with Gasteiger partial charge in [-0.1, -0.05) is 0 Å². The number of aromatic nitrogens is 2. The lowest BCUT2D eigenvalue weighted by molar-refractivity contribution is -0.385. The molecule has 1 fully saturated rings. The van der Waals surface area contributed by atoms with Crippen LogP contribution in [-0.4, -0.2) is 49.7 Å². The average Bonchev–Trinajstić information content (AvgIpc) is 2.93. The molecule has 1 aromatic rings. The third-order valence-electron chi connectivity index (χ3n) is 3.95. The number of nitro groups is 1. The molecule has 0 spiro atoms. The number of carboxylic acid groups (broad SMARTS) is 1. The van der Waals surface area contributed by atoms with Crippen LogP contribution in [0.25, 0.3) is 0 Å². The van der Waals surface area contributed by atoms with Gasteiger partial charge in [-0.25, -0.2) is 0 Å². The second kappa shape index (κ2) is 6.12. The Hall–Kier alpha value is -2.45. The Balaban J connectivity index is 1.91. The predicted octanol–water partition coefficient (Wildman–Crippen LogP) is 0.895. The van der Waals surface area contributed by atoms with Crippen LogP contribution in [0, 0.1) is 15.5 Å². The van der Waals surface area contributed by atoms with Crippen LogP contribution < -0.4 is 0 Å². The van der Waals surface area contributed by atoms with Gasteiger partial charge in [-0.05, 0) is 19.8 Å². The van der Waals surface area contributed by atoms with Gasteiger partial charge in [0.05, 0.1) is 10.3 Å². The monoisotopic (exact) mass is 310 g/mol. The highest BCUT2D eigenvalue weighted by atomic mass is 16.6. The van der Waals surface area contributed by atoms with E-state index in [2.05, 4.69) is 5.10 Å². The fourth-order valence-electron chi connectivity index (χ4n) is 2.56. The largest absolute Gasteiger partial charge is 0.481 e. The molecule has 9 nitrogen and oxygen atoms in total. The number of carbonyl (C=O) groups is 2. The predicted molar refractivity (Wildman–Crippen MR) is 75.1 cm³/mol. The van der Waals surface area contributed by atoms with Gasteiger partial charge in [-0.15, -0.1) is 0 Å². The zero-order chi connectivity index (χ0) is 16.3. The number of carbonyl (C=O) groups excluding carboxylic acids is 1. The Bertz CT molecular complexity index is 599. The van der Waals surface area contributed by atoms with Crippen LogP contribution in [0.2, 0.25) is 0 Å². The first-order chi connectivity index (χ1) is 10.3.